The van der Waals surface area contributed by atoms with Gasteiger partial charge in [-0.2, -0.15) is 4.31 Å². The monoisotopic (exact) mass is 340 g/mol. The van der Waals surface area contributed by atoms with Crippen molar-refractivity contribution in [1.82, 2.24) is 4.31 Å². The molecular formula is C16H24N2O4S. The van der Waals surface area contributed by atoms with Gasteiger partial charge in [-0.3, -0.25) is 4.79 Å². The lowest BCUT2D eigenvalue weighted by Gasteiger charge is -2.19. The Morgan fingerprint density at radius 2 is 1.87 bits per heavy atom. The van der Waals surface area contributed by atoms with Gasteiger partial charge in [0, 0.05) is 19.0 Å². The summed E-state index contributed by atoms with van der Waals surface area (Å²) < 4.78 is 26.4. The minimum absolute atomic E-state index is 0.0579. The van der Waals surface area contributed by atoms with Gasteiger partial charge in [0.2, 0.25) is 15.9 Å². The Balaban J connectivity index is 2.26. The van der Waals surface area contributed by atoms with Crippen LogP contribution in [0.5, 0.6) is 5.75 Å². The summed E-state index contributed by atoms with van der Waals surface area (Å²) in [5, 5.41) is 12.6. The van der Waals surface area contributed by atoms with E-state index in [4.69, 9.17) is 0 Å². The van der Waals surface area contributed by atoms with Crippen LogP contribution in [0.2, 0.25) is 0 Å². The van der Waals surface area contributed by atoms with Crippen LogP contribution in [0.1, 0.15) is 39.5 Å². The Bertz CT molecular complexity index is 663. The molecule has 128 valence electrons. The molecule has 2 N–H and O–H groups in total. The van der Waals surface area contributed by atoms with Gasteiger partial charge in [0.15, 0.2) is 0 Å². The number of nitrogens with zero attached hydrogens (tertiary/aromatic N) is 1. The van der Waals surface area contributed by atoms with Crippen LogP contribution >= 0.6 is 0 Å². The van der Waals surface area contributed by atoms with E-state index in [-0.39, 0.29) is 28.2 Å². The number of benzene rings is 1. The largest absolute Gasteiger partial charge is 0.506 e. The Morgan fingerprint density at radius 1 is 1.26 bits per heavy atom. The number of anilines is 1. The molecule has 0 bridgehead atoms. The van der Waals surface area contributed by atoms with Gasteiger partial charge in [-0.05, 0) is 31.0 Å². The highest BCUT2D eigenvalue weighted by Crippen LogP contribution is 2.31. The first-order valence-corrected chi connectivity index (χ1v) is 9.48. The molecule has 1 saturated carbocycles. The third-order valence-corrected chi connectivity index (χ3v) is 6.34. The predicted molar refractivity (Wildman–Crippen MR) is 88.8 cm³/mol. The molecule has 7 heteroatoms. The number of sulfonamides is 1. The SMILES string of the molecule is CCN(CC)S(=O)(=O)c1ccc(O)c(NC(=O)C2CCCC2)c1. The maximum Gasteiger partial charge on any atom is 0.243 e. The van der Waals surface area contributed by atoms with E-state index in [0.717, 1.165) is 25.7 Å². The fourth-order valence-electron chi connectivity index (χ4n) is 2.91. The van der Waals surface area contributed by atoms with E-state index in [1.165, 1.54) is 22.5 Å². The summed E-state index contributed by atoms with van der Waals surface area (Å²) in [5.74, 6) is -0.345. The quantitative estimate of drug-likeness (QED) is 0.779. The molecule has 1 aromatic carbocycles. The molecule has 23 heavy (non-hydrogen) atoms. The van der Waals surface area contributed by atoms with Crippen LogP contribution in [0.3, 0.4) is 0 Å². The summed E-state index contributed by atoms with van der Waals surface area (Å²) in [4.78, 5) is 12.3. The van der Waals surface area contributed by atoms with E-state index in [1.807, 2.05) is 0 Å². The molecule has 1 aromatic rings. The number of nitrogens with one attached hydrogen (secondary N) is 1. The first-order valence-electron chi connectivity index (χ1n) is 8.04. The van der Waals surface area contributed by atoms with Crippen molar-refractivity contribution in [2.45, 2.75) is 44.4 Å². The molecule has 0 unspecified atom stereocenters. The number of phenols is 1. The fraction of sp³-hybridized carbons (Fsp3) is 0.562. The van der Waals surface area contributed by atoms with Gasteiger partial charge in [0.05, 0.1) is 10.6 Å². The van der Waals surface area contributed by atoms with E-state index in [0.29, 0.717) is 13.1 Å². The molecule has 0 saturated heterocycles. The Labute approximate surface area is 137 Å². The number of amides is 1. The van der Waals surface area contributed by atoms with Crippen molar-refractivity contribution in [3.8, 4) is 5.75 Å². The number of hydrogen-bond acceptors (Lipinski definition) is 4. The molecule has 0 spiro atoms. The van der Waals surface area contributed by atoms with E-state index >= 15 is 0 Å². The highest BCUT2D eigenvalue weighted by Gasteiger charge is 2.25. The smallest absolute Gasteiger partial charge is 0.243 e. The Morgan fingerprint density at radius 3 is 2.43 bits per heavy atom. The lowest BCUT2D eigenvalue weighted by molar-refractivity contribution is -0.119. The molecule has 0 atom stereocenters. The summed E-state index contributed by atoms with van der Waals surface area (Å²) in [6.45, 7) is 4.27. The van der Waals surface area contributed by atoms with Crippen molar-refractivity contribution >= 4 is 21.6 Å². The highest BCUT2D eigenvalue weighted by molar-refractivity contribution is 7.89. The Kier molecular flexibility index (Phi) is 5.64. The number of rotatable bonds is 6. The van der Waals surface area contributed by atoms with Crippen LogP contribution in [0.15, 0.2) is 23.1 Å². The average Bonchev–Trinajstić information content (AvgIpc) is 3.04. The standard InChI is InChI=1S/C16H24N2O4S/c1-3-18(4-2)23(21,22)13-9-10-15(19)14(11-13)17-16(20)12-7-5-6-8-12/h9-12,19H,3-8H2,1-2H3,(H,17,20). The third kappa shape index (κ3) is 3.84. The van der Waals surface area contributed by atoms with Crippen molar-refractivity contribution < 1.29 is 18.3 Å². The van der Waals surface area contributed by atoms with Gasteiger partial charge in [-0.15, -0.1) is 0 Å². The molecule has 0 aromatic heterocycles. The first kappa shape index (κ1) is 17.7. The summed E-state index contributed by atoms with van der Waals surface area (Å²) in [5.41, 5.74) is 0.148. The predicted octanol–water partition coefficient (Wildman–Crippen LogP) is 2.55. The summed E-state index contributed by atoms with van der Waals surface area (Å²) in [7, 11) is -3.62. The minimum Gasteiger partial charge on any atom is -0.506 e. The number of carbonyl (C=O) groups excluding carboxylic acids is 1. The summed E-state index contributed by atoms with van der Waals surface area (Å²) in [6.07, 6.45) is 3.73. The second kappa shape index (κ2) is 7.31. The maximum absolute atomic E-state index is 12.5. The van der Waals surface area contributed by atoms with Crippen molar-refractivity contribution in [3.63, 3.8) is 0 Å². The molecule has 0 aliphatic heterocycles. The van der Waals surface area contributed by atoms with Crippen LogP contribution < -0.4 is 5.32 Å². The second-order valence-corrected chi connectivity index (χ2v) is 7.68. The van der Waals surface area contributed by atoms with Gasteiger partial charge in [-0.1, -0.05) is 26.7 Å². The van der Waals surface area contributed by atoms with Crippen molar-refractivity contribution in [2.24, 2.45) is 5.92 Å². The van der Waals surface area contributed by atoms with Crippen molar-refractivity contribution in [1.29, 1.82) is 0 Å². The first-order chi connectivity index (χ1) is 10.9. The Hall–Kier alpha value is -1.60. The third-order valence-electron chi connectivity index (χ3n) is 4.30. The zero-order chi connectivity index (χ0) is 17.0. The van der Waals surface area contributed by atoms with E-state index in [1.54, 1.807) is 13.8 Å². The van der Waals surface area contributed by atoms with Crippen LogP contribution in [-0.4, -0.2) is 36.8 Å². The van der Waals surface area contributed by atoms with Gasteiger partial charge in [-0.25, -0.2) is 8.42 Å². The van der Waals surface area contributed by atoms with Crippen LogP contribution in [0.4, 0.5) is 5.69 Å². The highest BCUT2D eigenvalue weighted by atomic mass is 32.2. The average molecular weight is 340 g/mol. The molecule has 1 amide bonds. The van der Waals surface area contributed by atoms with E-state index in [2.05, 4.69) is 5.32 Å². The van der Waals surface area contributed by atoms with E-state index in [9.17, 15) is 18.3 Å². The zero-order valence-electron chi connectivity index (χ0n) is 13.6. The second-order valence-electron chi connectivity index (χ2n) is 5.74. The minimum atomic E-state index is -3.62. The molecule has 1 fully saturated rings. The maximum atomic E-state index is 12.5. The fourth-order valence-corrected chi connectivity index (χ4v) is 4.40. The number of phenolic OH excluding ortho intramolecular Hbond substituents is 1. The molecule has 0 heterocycles. The molecule has 2 rings (SSSR count). The summed E-state index contributed by atoms with van der Waals surface area (Å²) >= 11 is 0. The normalized spacial score (nSPS) is 16.0. The molecule has 6 nitrogen and oxygen atoms in total. The molecular weight excluding hydrogens is 316 g/mol. The lowest BCUT2D eigenvalue weighted by atomic mass is 10.1. The zero-order valence-corrected chi connectivity index (χ0v) is 14.4. The molecule has 0 radical (unpaired) electrons. The molecule has 1 aliphatic carbocycles. The number of aromatic hydroxyl groups is 1. The van der Waals surface area contributed by atoms with Crippen molar-refractivity contribution in [3.05, 3.63) is 18.2 Å². The van der Waals surface area contributed by atoms with Gasteiger partial charge >= 0.3 is 0 Å². The van der Waals surface area contributed by atoms with Crippen LogP contribution in [-0.2, 0) is 14.8 Å². The lowest BCUT2D eigenvalue weighted by Crippen LogP contribution is -2.30. The van der Waals surface area contributed by atoms with Gasteiger partial charge in [0.1, 0.15) is 5.75 Å². The van der Waals surface area contributed by atoms with Crippen LogP contribution in [0.25, 0.3) is 0 Å². The number of carbonyl (C=O) groups is 1. The number of hydrogen-bond donors (Lipinski definition) is 2. The molecule has 1 aliphatic rings. The van der Waals surface area contributed by atoms with Gasteiger partial charge in [0.25, 0.3) is 0 Å². The van der Waals surface area contributed by atoms with Crippen molar-refractivity contribution in [2.75, 3.05) is 18.4 Å². The van der Waals surface area contributed by atoms with Gasteiger partial charge < -0.3 is 10.4 Å². The van der Waals surface area contributed by atoms with Crippen LogP contribution in [0, 0.1) is 5.92 Å². The topological polar surface area (TPSA) is 86.7 Å². The van der Waals surface area contributed by atoms with E-state index < -0.39 is 10.0 Å². The summed E-state index contributed by atoms with van der Waals surface area (Å²) in [6, 6.07) is 3.99.